The lowest BCUT2D eigenvalue weighted by Gasteiger charge is -2.51. The molecule has 0 saturated carbocycles. The van der Waals surface area contributed by atoms with Gasteiger partial charge in [-0.3, -0.25) is 19.3 Å². The molecular formula is C27H24F2N4O5S. The topological polar surface area (TPSA) is 107 Å². The summed E-state index contributed by atoms with van der Waals surface area (Å²) in [5.41, 5.74) is 6.35. The molecule has 1 saturated heterocycles. The molecule has 12 heteroatoms. The van der Waals surface area contributed by atoms with Gasteiger partial charge in [-0.05, 0) is 30.2 Å². The highest BCUT2D eigenvalue weighted by Crippen LogP contribution is 2.45. The van der Waals surface area contributed by atoms with Crippen molar-refractivity contribution in [1.82, 2.24) is 9.58 Å². The van der Waals surface area contributed by atoms with E-state index in [1.54, 1.807) is 16.0 Å². The summed E-state index contributed by atoms with van der Waals surface area (Å²) in [7, 11) is 0. The molecular weight excluding hydrogens is 530 g/mol. The van der Waals surface area contributed by atoms with Crippen LogP contribution in [0.25, 0.3) is 0 Å². The third-order valence-corrected chi connectivity index (χ3v) is 8.22. The first-order valence-electron chi connectivity index (χ1n) is 12.4. The number of morpholine rings is 1. The first-order valence-corrected chi connectivity index (χ1v) is 13.3. The van der Waals surface area contributed by atoms with Crippen molar-refractivity contribution in [1.29, 1.82) is 0 Å². The Morgan fingerprint density at radius 1 is 1.15 bits per heavy atom. The molecule has 4 heterocycles. The van der Waals surface area contributed by atoms with E-state index in [1.165, 1.54) is 35.6 Å². The summed E-state index contributed by atoms with van der Waals surface area (Å²) in [6.45, 7) is 2.00. The maximum Gasteiger partial charge on any atom is 0.328 e. The first kappa shape index (κ1) is 25.5. The predicted molar refractivity (Wildman–Crippen MR) is 138 cm³/mol. The number of rotatable bonds is 3. The quantitative estimate of drug-likeness (QED) is 0.493. The molecule has 0 spiro atoms. The number of benzene rings is 2. The summed E-state index contributed by atoms with van der Waals surface area (Å²) in [6, 6.07) is 9.58. The largest absolute Gasteiger partial charge is 0.419 e. The predicted octanol–water partition coefficient (Wildman–Crippen LogP) is 2.52. The zero-order valence-electron chi connectivity index (χ0n) is 20.8. The molecule has 3 aromatic rings. The number of carbonyl (C=O) groups excluding carboxylic acids is 2. The minimum atomic E-state index is -1.04. The lowest BCUT2D eigenvalue weighted by Crippen LogP contribution is -2.66. The molecule has 202 valence electrons. The molecule has 0 aliphatic carbocycles. The van der Waals surface area contributed by atoms with Crippen LogP contribution < -0.4 is 20.9 Å². The van der Waals surface area contributed by atoms with Gasteiger partial charge in [-0.15, -0.1) is 11.8 Å². The Kier molecular flexibility index (Phi) is 6.40. The number of hydrogen-bond donors (Lipinski definition) is 1. The van der Waals surface area contributed by atoms with E-state index < -0.39 is 52.9 Å². The van der Waals surface area contributed by atoms with E-state index in [1.807, 2.05) is 24.3 Å². The van der Waals surface area contributed by atoms with Gasteiger partial charge in [0.25, 0.3) is 5.91 Å². The van der Waals surface area contributed by atoms with Gasteiger partial charge >= 0.3 is 5.97 Å². The van der Waals surface area contributed by atoms with Crippen molar-refractivity contribution in [2.45, 2.75) is 35.8 Å². The van der Waals surface area contributed by atoms with Crippen molar-refractivity contribution in [3.05, 3.63) is 92.9 Å². The molecule has 3 aliphatic rings. The lowest BCUT2D eigenvalue weighted by molar-refractivity contribution is -0.135. The van der Waals surface area contributed by atoms with Crippen LogP contribution in [0.2, 0.25) is 0 Å². The summed E-state index contributed by atoms with van der Waals surface area (Å²) in [5.74, 6) is -3.53. The summed E-state index contributed by atoms with van der Waals surface area (Å²) in [5, 5.41) is 1.80. The molecule has 0 bridgehead atoms. The van der Waals surface area contributed by atoms with Crippen molar-refractivity contribution < 1.29 is 27.8 Å². The summed E-state index contributed by atoms with van der Waals surface area (Å²) >= 11 is 1.38. The average Bonchev–Trinajstić information content (AvgIpc) is 3.10. The Bertz CT molecular complexity index is 1560. The Morgan fingerprint density at radius 2 is 1.95 bits per heavy atom. The minimum Gasteiger partial charge on any atom is -0.419 e. The second-order valence-corrected chi connectivity index (χ2v) is 10.5. The number of carbonyl (C=O) groups is 2. The zero-order valence-corrected chi connectivity index (χ0v) is 21.6. The van der Waals surface area contributed by atoms with Crippen molar-refractivity contribution in [3.8, 4) is 5.75 Å². The number of esters is 1. The van der Waals surface area contributed by atoms with E-state index in [9.17, 15) is 18.8 Å². The Morgan fingerprint density at radius 3 is 2.74 bits per heavy atom. The van der Waals surface area contributed by atoms with Gasteiger partial charge in [0.15, 0.2) is 17.3 Å². The van der Waals surface area contributed by atoms with Crippen LogP contribution in [-0.4, -0.2) is 53.4 Å². The number of halogens is 2. The molecule has 6 rings (SSSR count). The average molecular weight is 555 g/mol. The maximum absolute atomic E-state index is 15.2. The smallest absolute Gasteiger partial charge is 0.328 e. The summed E-state index contributed by atoms with van der Waals surface area (Å²) in [4.78, 5) is 41.6. The molecule has 3 aliphatic heterocycles. The van der Waals surface area contributed by atoms with Crippen molar-refractivity contribution in [2.75, 3.05) is 24.8 Å². The second kappa shape index (κ2) is 9.78. The molecule has 2 N–H and O–H groups in total. The lowest BCUT2D eigenvalue weighted by atomic mass is 9.93. The fourth-order valence-corrected chi connectivity index (χ4v) is 6.38. The van der Waals surface area contributed by atoms with Crippen LogP contribution in [0.15, 0.2) is 58.4 Å². The number of pyridine rings is 1. The van der Waals surface area contributed by atoms with E-state index in [0.29, 0.717) is 5.56 Å². The van der Waals surface area contributed by atoms with Gasteiger partial charge in [-0.2, -0.15) is 0 Å². The number of nitrogens with two attached hydrogens (primary N) is 1. The van der Waals surface area contributed by atoms with E-state index in [0.717, 1.165) is 16.5 Å². The van der Waals surface area contributed by atoms with E-state index in [4.69, 9.17) is 15.2 Å². The van der Waals surface area contributed by atoms with E-state index in [2.05, 4.69) is 0 Å². The summed E-state index contributed by atoms with van der Waals surface area (Å²) < 4.78 is 42.3. The highest BCUT2D eigenvalue weighted by atomic mass is 32.2. The Balaban J connectivity index is 1.64. The van der Waals surface area contributed by atoms with Gasteiger partial charge < -0.3 is 20.1 Å². The SMILES string of the molecule is C[C@@H](N)C(=O)Oc1c2n(ccc1=O)N([C@@H]1c3ccccc3SCc3c1ccc(F)c3F)[C@@H]1COCCN1C2=O. The zero-order chi connectivity index (χ0) is 27.4. The Labute approximate surface area is 226 Å². The number of nitrogens with zero attached hydrogens (tertiary/aromatic N) is 3. The molecule has 39 heavy (non-hydrogen) atoms. The Hall–Kier alpha value is -3.74. The van der Waals surface area contributed by atoms with Gasteiger partial charge in [-0.25, -0.2) is 13.6 Å². The summed E-state index contributed by atoms with van der Waals surface area (Å²) in [6.07, 6.45) is 0.755. The van der Waals surface area contributed by atoms with Crippen LogP contribution in [0.4, 0.5) is 8.78 Å². The second-order valence-electron chi connectivity index (χ2n) is 9.50. The molecule has 9 nitrogen and oxygen atoms in total. The first-order chi connectivity index (χ1) is 18.8. The fraction of sp³-hybridized carbons (Fsp3) is 0.296. The van der Waals surface area contributed by atoms with Crippen LogP contribution in [0, 0.1) is 11.6 Å². The van der Waals surface area contributed by atoms with Crippen LogP contribution in [0.5, 0.6) is 5.75 Å². The number of amides is 1. The van der Waals surface area contributed by atoms with Crippen LogP contribution in [-0.2, 0) is 15.3 Å². The van der Waals surface area contributed by atoms with Crippen LogP contribution in [0.1, 0.15) is 40.1 Å². The maximum atomic E-state index is 15.2. The third-order valence-electron chi connectivity index (χ3n) is 7.11. The third kappa shape index (κ3) is 4.10. The van der Waals surface area contributed by atoms with Gasteiger partial charge in [0.1, 0.15) is 12.2 Å². The normalized spacial score (nSPS) is 20.8. The van der Waals surface area contributed by atoms with Gasteiger partial charge in [0, 0.05) is 35.0 Å². The van der Waals surface area contributed by atoms with E-state index >= 15 is 4.39 Å². The standard InChI is InChI=1S/C27H24F2N4O5S/c1-14(30)27(36)38-25-19(34)8-9-32-24(25)26(35)31-10-11-37-12-21(31)33(32)23-15-6-7-18(28)22(29)17(15)13-39-20-5-3-2-4-16(20)23/h2-9,14,21,23H,10-13,30H2,1H3/t14-,21-,23+/m1/s1. The minimum absolute atomic E-state index is 0.122. The number of aromatic nitrogens is 1. The monoisotopic (exact) mass is 554 g/mol. The highest BCUT2D eigenvalue weighted by Gasteiger charge is 2.46. The number of fused-ring (bicyclic) bond motifs is 4. The molecule has 3 atom stereocenters. The van der Waals surface area contributed by atoms with Crippen LogP contribution >= 0.6 is 11.8 Å². The molecule has 1 amide bonds. The molecule has 0 unspecified atom stereocenters. The van der Waals surface area contributed by atoms with Gasteiger partial charge in [-0.1, -0.05) is 24.3 Å². The van der Waals surface area contributed by atoms with Crippen molar-refractivity contribution in [2.24, 2.45) is 5.73 Å². The molecule has 2 aromatic carbocycles. The van der Waals surface area contributed by atoms with Gasteiger partial charge in [0.2, 0.25) is 11.2 Å². The molecule has 1 aromatic heterocycles. The number of hydrogen-bond acceptors (Lipinski definition) is 8. The molecule has 1 fully saturated rings. The van der Waals surface area contributed by atoms with E-state index in [-0.39, 0.29) is 36.8 Å². The van der Waals surface area contributed by atoms with Crippen molar-refractivity contribution in [3.63, 3.8) is 0 Å². The number of ether oxygens (including phenoxy) is 2. The van der Waals surface area contributed by atoms with Crippen molar-refractivity contribution >= 4 is 23.6 Å². The number of thioether (sulfide) groups is 1. The highest BCUT2D eigenvalue weighted by molar-refractivity contribution is 7.98. The fourth-order valence-electron chi connectivity index (χ4n) is 5.26. The molecule has 0 radical (unpaired) electrons. The van der Waals surface area contributed by atoms with Gasteiger partial charge in [0.05, 0.1) is 19.3 Å². The van der Waals surface area contributed by atoms with Crippen LogP contribution in [0.3, 0.4) is 0 Å².